The van der Waals surface area contributed by atoms with Gasteiger partial charge in [0.2, 0.25) is 0 Å². The molecular weight excluding hydrogens is 334 g/mol. The average molecular weight is 366 g/mol. The average Bonchev–Trinajstić information content (AvgIpc) is 2.57. The van der Waals surface area contributed by atoms with Gasteiger partial charge in [-0.25, -0.2) is 0 Å². The van der Waals surface area contributed by atoms with Crippen molar-refractivity contribution in [2.75, 3.05) is 7.05 Å². The molecule has 0 amide bonds. The summed E-state index contributed by atoms with van der Waals surface area (Å²) in [6, 6.07) is 13.0. The van der Waals surface area contributed by atoms with E-state index < -0.39 is 0 Å². The van der Waals surface area contributed by atoms with Crippen LogP contribution in [0.4, 0.5) is 0 Å². The summed E-state index contributed by atoms with van der Waals surface area (Å²) < 4.78 is 1.32. The van der Waals surface area contributed by atoms with Crippen LogP contribution < -0.4 is 17.0 Å². The molecule has 0 saturated heterocycles. The van der Waals surface area contributed by atoms with E-state index in [-0.39, 0.29) is 17.0 Å². The summed E-state index contributed by atoms with van der Waals surface area (Å²) in [6.07, 6.45) is 14.6. The van der Waals surface area contributed by atoms with Crippen LogP contribution in [-0.2, 0) is 6.54 Å². The molecule has 2 heteroatoms. The Kier molecular flexibility index (Phi) is 6.95. The molecule has 124 valence electrons. The largest absolute Gasteiger partial charge is 1.00 e. The number of benzene rings is 1. The summed E-state index contributed by atoms with van der Waals surface area (Å²) in [7, 11) is 2.58. The highest BCUT2D eigenvalue weighted by molar-refractivity contribution is 5.13. The molecule has 2 saturated carbocycles. The smallest absolute Gasteiger partial charge is 0.105 e. The fraction of sp³-hybridized carbons (Fsp3) is 0.700. The molecule has 22 heavy (non-hydrogen) atoms. The molecule has 0 aliphatic heterocycles. The van der Waals surface area contributed by atoms with E-state index in [0.29, 0.717) is 0 Å². The molecular formula is C20H32BrN. The highest BCUT2D eigenvalue weighted by Gasteiger charge is 2.40. The molecule has 0 radical (unpaired) electrons. The van der Waals surface area contributed by atoms with Crippen LogP contribution in [0.3, 0.4) is 0 Å². The van der Waals surface area contributed by atoms with E-state index in [1.54, 1.807) is 0 Å². The van der Waals surface area contributed by atoms with E-state index >= 15 is 0 Å². The Morgan fingerprint density at radius 1 is 0.773 bits per heavy atom. The van der Waals surface area contributed by atoms with Crippen LogP contribution in [0.5, 0.6) is 0 Å². The summed E-state index contributed by atoms with van der Waals surface area (Å²) in [6.45, 7) is 1.25. The zero-order chi connectivity index (χ0) is 14.5. The highest BCUT2D eigenvalue weighted by atomic mass is 79.9. The van der Waals surface area contributed by atoms with Crippen molar-refractivity contribution in [2.45, 2.75) is 82.8 Å². The first kappa shape index (κ1) is 18.0. The number of hydrogen-bond acceptors (Lipinski definition) is 0. The predicted octanol–water partition coefficient (Wildman–Crippen LogP) is 2.30. The first-order valence-electron chi connectivity index (χ1n) is 9.18. The topological polar surface area (TPSA) is 0 Å². The predicted molar refractivity (Wildman–Crippen MR) is 90.1 cm³/mol. The maximum absolute atomic E-state index is 2.58. The molecule has 1 aromatic rings. The SMILES string of the molecule is C[N+](Cc1ccccc1)(C1CCCCC1)C1CCCCC1.[Br-]. The van der Waals surface area contributed by atoms with Crippen LogP contribution in [-0.4, -0.2) is 23.6 Å². The summed E-state index contributed by atoms with van der Waals surface area (Å²) in [4.78, 5) is 0. The number of rotatable bonds is 4. The van der Waals surface area contributed by atoms with Gasteiger partial charge in [0.15, 0.2) is 0 Å². The highest BCUT2D eigenvalue weighted by Crippen LogP contribution is 2.36. The molecule has 0 heterocycles. The molecule has 2 aliphatic rings. The molecule has 0 N–H and O–H groups in total. The van der Waals surface area contributed by atoms with Crippen molar-refractivity contribution in [3.8, 4) is 0 Å². The van der Waals surface area contributed by atoms with Gasteiger partial charge in [-0.15, -0.1) is 0 Å². The summed E-state index contributed by atoms with van der Waals surface area (Å²) in [5.41, 5.74) is 1.54. The van der Waals surface area contributed by atoms with Crippen molar-refractivity contribution < 1.29 is 21.5 Å². The van der Waals surface area contributed by atoms with Crippen molar-refractivity contribution in [2.24, 2.45) is 0 Å². The second-order valence-corrected chi connectivity index (χ2v) is 7.57. The van der Waals surface area contributed by atoms with E-state index in [0.717, 1.165) is 12.1 Å². The molecule has 0 spiro atoms. The van der Waals surface area contributed by atoms with Gasteiger partial charge in [0.1, 0.15) is 6.54 Å². The van der Waals surface area contributed by atoms with E-state index in [4.69, 9.17) is 0 Å². The van der Waals surface area contributed by atoms with E-state index in [9.17, 15) is 0 Å². The van der Waals surface area contributed by atoms with Gasteiger partial charge in [-0.2, -0.15) is 0 Å². The van der Waals surface area contributed by atoms with Gasteiger partial charge < -0.3 is 21.5 Å². The quantitative estimate of drug-likeness (QED) is 0.718. The Morgan fingerprint density at radius 3 is 1.68 bits per heavy atom. The second kappa shape index (κ2) is 8.49. The maximum Gasteiger partial charge on any atom is 0.105 e. The summed E-state index contributed by atoms with van der Waals surface area (Å²) in [5, 5.41) is 0. The van der Waals surface area contributed by atoms with Crippen molar-refractivity contribution in [1.29, 1.82) is 0 Å². The third-order valence-corrected chi connectivity index (χ3v) is 6.18. The van der Waals surface area contributed by atoms with E-state index in [2.05, 4.69) is 37.4 Å². The Balaban J connectivity index is 0.00000176. The van der Waals surface area contributed by atoms with Crippen molar-refractivity contribution in [3.05, 3.63) is 35.9 Å². The van der Waals surface area contributed by atoms with Gasteiger partial charge >= 0.3 is 0 Å². The van der Waals surface area contributed by atoms with Gasteiger partial charge in [0.05, 0.1) is 19.1 Å². The monoisotopic (exact) mass is 365 g/mol. The Bertz CT molecular complexity index is 401. The van der Waals surface area contributed by atoms with Crippen LogP contribution in [0.15, 0.2) is 30.3 Å². The third kappa shape index (κ3) is 4.14. The first-order chi connectivity index (χ1) is 10.3. The third-order valence-electron chi connectivity index (χ3n) is 6.18. The minimum Gasteiger partial charge on any atom is -1.00 e. The second-order valence-electron chi connectivity index (χ2n) is 7.57. The molecule has 2 aliphatic carbocycles. The van der Waals surface area contributed by atoms with Crippen LogP contribution in [0.2, 0.25) is 0 Å². The lowest BCUT2D eigenvalue weighted by molar-refractivity contribution is -0.971. The Hall–Kier alpha value is -0.340. The first-order valence-corrected chi connectivity index (χ1v) is 9.18. The molecule has 1 nitrogen and oxygen atoms in total. The van der Waals surface area contributed by atoms with Crippen LogP contribution in [0.25, 0.3) is 0 Å². The molecule has 3 rings (SSSR count). The minimum absolute atomic E-state index is 0. The Labute approximate surface area is 147 Å². The standard InChI is InChI=1S/C20H32N.BrH/c1-21(19-13-7-3-8-14-19,20-15-9-4-10-16-20)17-18-11-5-2-6-12-18;/h2,5-6,11-12,19-20H,3-4,7-10,13-17H2,1H3;1H/q+1;/p-1. The van der Waals surface area contributed by atoms with Gasteiger partial charge in [-0.05, 0) is 51.4 Å². The lowest BCUT2D eigenvalue weighted by Crippen LogP contribution is -3.00. The lowest BCUT2D eigenvalue weighted by Gasteiger charge is -2.50. The van der Waals surface area contributed by atoms with Crippen molar-refractivity contribution in [1.82, 2.24) is 0 Å². The minimum atomic E-state index is 0. The van der Waals surface area contributed by atoms with Crippen molar-refractivity contribution >= 4 is 0 Å². The molecule has 1 aromatic carbocycles. The fourth-order valence-corrected chi connectivity index (χ4v) is 4.87. The summed E-state index contributed by atoms with van der Waals surface area (Å²) in [5.74, 6) is 0. The Morgan fingerprint density at radius 2 is 1.23 bits per heavy atom. The maximum atomic E-state index is 2.58. The molecule has 0 atom stereocenters. The lowest BCUT2D eigenvalue weighted by atomic mass is 9.86. The van der Waals surface area contributed by atoms with Gasteiger partial charge in [0.25, 0.3) is 0 Å². The fourth-order valence-electron chi connectivity index (χ4n) is 4.87. The zero-order valence-corrected chi connectivity index (χ0v) is 15.7. The van der Waals surface area contributed by atoms with Crippen LogP contribution in [0.1, 0.15) is 69.8 Å². The molecule has 0 aromatic heterocycles. The van der Waals surface area contributed by atoms with Gasteiger partial charge in [-0.1, -0.05) is 43.2 Å². The van der Waals surface area contributed by atoms with Gasteiger partial charge in [-0.3, -0.25) is 0 Å². The molecule has 0 bridgehead atoms. The van der Waals surface area contributed by atoms with Crippen LogP contribution in [0, 0.1) is 0 Å². The molecule has 0 unspecified atom stereocenters. The summed E-state index contributed by atoms with van der Waals surface area (Å²) >= 11 is 0. The number of halogens is 1. The zero-order valence-electron chi connectivity index (χ0n) is 14.1. The number of nitrogens with zero attached hydrogens (tertiary/aromatic N) is 1. The van der Waals surface area contributed by atoms with Crippen LogP contribution >= 0.6 is 0 Å². The van der Waals surface area contributed by atoms with Gasteiger partial charge in [0, 0.05) is 5.56 Å². The molecule has 2 fully saturated rings. The number of hydrogen-bond donors (Lipinski definition) is 0. The van der Waals surface area contributed by atoms with E-state index in [1.807, 2.05) is 0 Å². The van der Waals surface area contributed by atoms with E-state index in [1.165, 1.54) is 80.8 Å². The normalized spacial score (nSPS) is 21.3. The van der Waals surface area contributed by atoms with Crippen molar-refractivity contribution in [3.63, 3.8) is 0 Å². The number of quaternary nitrogens is 1.